The van der Waals surface area contributed by atoms with Crippen LogP contribution in [0.5, 0.6) is 0 Å². The molecule has 0 bridgehead atoms. The SMILES string of the molecule is Cc1ccc(NC(=O)C2CC2c2ccccc2C(F)(F)F)c(F)c1. The van der Waals surface area contributed by atoms with Crippen molar-refractivity contribution in [1.29, 1.82) is 0 Å². The van der Waals surface area contributed by atoms with Crippen LogP contribution >= 0.6 is 0 Å². The Balaban J connectivity index is 1.75. The topological polar surface area (TPSA) is 29.1 Å². The molecular weight excluding hydrogens is 322 g/mol. The summed E-state index contributed by atoms with van der Waals surface area (Å²) in [5.74, 6) is -2.08. The smallest absolute Gasteiger partial charge is 0.323 e. The van der Waals surface area contributed by atoms with Crippen molar-refractivity contribution in [2.75, 3.05) is 5.32 Å². The van der Waals surface area contributed by atoms with Crippen LogP contribution in [-0.4, -0.2) is 5.91 Å². The van der Waals surface area contributed by atoms with Crippen LogP contribution in [0.15, 0.2) is 42.5 Å². The number of hydrogen-bond acceptors (Lipinski definition) is 1. The van der Waals surface area contributed by atoms with Crippen molar-refractivity contribution < 1.29 is 22.4 Å². The number of alkyl halides is 3. The average molecular weight is 337 g/mol. The maximum atomic E-state index is 13.8. The maximum absolute atomic E-state index is 13.8. The van der Waals surface area contributed by atoms with Crippen molar-refractivity contribution >= 4 is 11.6 Å². The first-order valence-electron chi connectivity index (χ1n) is 7.50. The Labute approximate surface area is 136 Å². The zero-order chi connectivity index (χ0) is 17.5. The third kappa shape index (κ3) is 3.27. The molecule has 1 amide bonds. The van der Waals surface area contributed by atoms with Crippen molar-refractivity contribution in [3.05, 3.63) is 65.0 Å². The number of carbonyl (C=O) groups excluding carboxylic acids is 1. The van der Waals surface area contributed by atoms with Crippen LogP contribution in [-0.2, 0) is 11.0 Å². The summed E-state index contributed by atoms with van der Waals surface area (Å²) < 4.78 is 52.9. The summed E-state index contributed by atoms with van der Waals surface area (Å²) in [6.45, 7) is 1.72. The molecule has 3 rings (SSSR count). The van der Waals surface area contributed by atoms with E-state index in [-0.39, 0.29) is 11.3 Å². The molecule has 0 spiro atoms. The van der Waals surface area contributed by atoms with E-state index in [9.17, 15) is 22.4 Å². The molecule has 1 N–H and O–H groups in total. The standard InChI is InChI=1S/C18H15F4NO/c1-10-6-7-16(15(19)8-10)23-17(24)13-9-12(13)11-4-2-3-5-14(11)18(20,21)22/h2-8,12-13H,9H2,1H3,(H,23,24). The number of carbonyl (C=O) groups is 1. The zero-order valence-corrected chi connectivity index (χ0v) is 12.8. The predicted octanol–water partition coefficient (Wildman–Crippen LogP) is 4.90. The van der Waals surface area contributed by atoms with Crippen LogP contribution in [0.3, 0.4) is 0 Å². The molecule has 0 aromatic heterocycles. The number of anilines is 1. The van der Waals surface area contributed by atoms with Gasteiger partial charge in [-0.3, -0.25) is 4.79 Å². The van der Waals surface area contributed by atoms with E-state index in [1.165, 1.54) is 30.3 Å². The third-order valence-corrected chi connectivity index (χ3v) is 4.18. The monoisotopic (exact) mass is 337 g/mol. The van der Waals surface area contributed by atoms with Gasteiger partial charge in [0, 0.05) is 5.92 Å². The van der Waals surface area contributed by atoms with Crippen LogP contribution in [0.4, 0.5) is 23.2 Å². The van der Waals surface area contributed by atoms with Gasteiger partial charge in [-0.05, 0) is 48.6 Å². The number of rotatable bonds is 3. The highest BCUT2D eigenvalue weighted by Crippen LogP contribution is 2.51. The molecule has 2 unspecified atom stereocenters. The van der Waals surface area contributed by atoms with Gasteiger partial charge in [0.2, 0.25) is 5.91 Å². The fourth-order valence-corrected chi connectivity index (χ4v) is 2.85. The quantitative estimate of drug-likeness (QED) is 0.794. The Morgan fingerprint density at radius 3 is 2.54 bits per heavy atom. The van der Waals surface area contributed by atoms with E-state index >= 15 is 0 Å². The lowest BCUT2D eigenvalue weighted by Gasteiger charge is -2.12. The number of aryl methyl sites for hydroxylation is 1. The Hall–Kier alpha value is -2.37. The molecule has 24 heavy (non-hydrogen) atoms. The highest BCUT2D eigenvalue weighted by atomic mass is 19.4. The molecular formula is C18H15F4NO. The normalized spacial score (nSPS) is 19.9. The van der Waals surface area contributed by atoms with Crippen LogP contribution in [0.1, 0.15) is 29.0 Å². The molecule has 1 aliphatic rings. The van der Waals surface area contributed by atoms with E-state index in [2.05, 4.69) is 5.32 Å². The summed E-state index contributed by atoms with van der Waals surface area (Å²) in [5, 5.41) is 2.46. The molecule has 6 heteroatoms. The van der Waals surface area contributed by atoms with Crippen molar-refractivity contribution in [3.63, 3.8) is 0 Å². The minimum absolute atomic E-state index is 0.0420. The first kappa shape index (κ1) is 16.5. The fourth-order valence-electron chi connectivity index (χ4n) is 2.85. The fraction of sp³-hybridized carbons (Fsp3) is 0.278. The van der Waals surface area contributed by atoms with Crippen LogP contribution in [0.2, 0.25) is 0 Å². The van der Waals surface area contributed by atoms with Gasteiger partial charge < -0.3 is 5.32 Å². The first-order chi connectivity index (χ1) is 11.3. The molecule has 1 aliphatic carbocycles. The Bertz CT molecular complexity index is 785. The van der Waals surface area contributed by atoms with Gasteiger partial charge in [0.25, 0.3) is 0 Å². The lowest BCUT2D eigenvalue weighted by Crippen LogP contribution is -2.16. The van der Waals surface area contributed by atoms with E-state index in [0.717, 1.165) is 6.07 Å². The van der Waals surface area contributed by atoms with Crippen molar-refractivity contribution in [3.8, 4) is 0 Å². The number of halogens is 4. The van der Waals surface area contributed by atoms with Gasteiger partial charge in [0.1, 0.15) is 5.82 Å². The van der Waals surface area contributed by atoms with Gasteiger partial charge in [0.05, 0.1) is 11.3 Å². The Kier molecular flexibility index (Phi) is 4.07. The van der Waals surface area contributed by atoms with Crippen molar-refractivity contribution in [2.45, 2.75) is 25.4 Å². The molecule has 0 saturated heterocycles. The molecule has 126 valence electrons. The van der Waals surface area contributed by atoms with Gasteiger partial charge in [-0.15, -0.1) is 0 Å². The van der Waals surface area contributed by atoms with Gasteiger partial charge >= 0.3 is 6.18 Å². The minimum atomic E-state index is -4.46. The lowest BCUT2D eigenvalue weighted by atomic mass is 10.0. The Morgan fingerprint density at radius 2 is 1.88 bits per heavy atom. The second kappa shape index (κ2) is 5.92. The van der Waals surface area contributed by atoms with Crippen molar-refractivity contribution in [1.82, 2.24) is 0 Å². The maximum Gasteiger partial charge on any atom is 0.416 e. The molecule has 2 nitrogen and oxygen atoms in total. The van der Waals surface area contributed by atoms with E-state index in [1.807, 2.05) is 0 Å². The van der Waals surface area contributed by atoms with Crippen molar-refractivity contribution in [2.24, 2.45) is 5.92 Å². The third-order valence-electron chi connectivity index (χ3n) is 4.18. The Morgan fingerprint density at radius 1 is 1.17 bits per heavy atom. The van der Waals surface area contributed by atoms with Crippen LogP contribution in [0.25, 0.3) is 0 Å². The predicted molar refractivity (Wildman–Crippen MR) is 82.1 cm³/mol. The summed E-state index contributed by atoms with van der Waals surface area (Å²) >= 11 is 0. The summed E-state index contributed by atoms with van der Waals surface area (Å²) in [4.78, 5) is 12.2. The molecule has 1 saturated carbocycles. The van der Waals surface area contributed by atoms with Crippen LogP contribution in [0, 0.1) is 18.7 Å². The van der Waals surface area contributed by atoms with Gasteiger partial charge in [-0.1, -0.05) is 24.3 Å². The number of amides is 1. The zero-order valence-electron chi connectivity index (χ0n) is 12.8. The second-order valence-corrected chi connectivity index (χ2v) is 6.01. The average Bonchev–Trinajstić information content (AvgIpc) is 3.30. The molecule has 0 aliphatic heterocycles. The van der Waals surface area contributed by atoms with Gasteiger partial charge in [0.15, 0.2) is 0 Å². The van der Waals surface area contributed by atoms with Gasteiger partial charge in [-0.25, -0.2) is 4.39 Å². The number of nitrogens with one attached hydrogen (secondary N) is 1. The summed E-state index contributed by atoms with van der Waals surface area (Å²) in [6, 6.07) is 9.66. The summed E-state index contributed by atoms with van der Waals surface area (Å²) in [7, 11) is 0. The highest BCUT2D eigenvalue weighted by Gasteiger charge is 2.47. The minimum Gasteiger partial charge on any atom is -0.323 e. The molecule has 1 fully saturated rings. The van der Waals surface area contributed by atoms with E-state index in [4.69, 9.17) is 0 Å². The molecule has 0 radical (unpaired) electrons. The van der Waals surface area contributed by atoms with E-state index in [0.29, 0.717) is 12.0 Å². The van der Waals surface area contributed by atoms with E-state index in [1.54, 1.807) is 13.0 Å². The highest BCUT2D eigenvalue weighted by molar-refractivity contribution is 5.95. The summed E-state index contributed by atoms with van der Waals surface area (Å²) in [6.07, 6.45) is -4.13. The molecule has 2 atom stereocenters. The lowest BCUT2D eigenvalue weighted by molar-refractivity contribution is -0.138. The largest absolute Gasteiger partial charge is 0.416 e. The second-order valence-electron chi connectivity index (χ2n) is 6.01. The molecule has 0 heterocycles. The van der Waals surface area contributed by atoms with Crippen LogP contribution < -0.4 is 5.32 Å². The molecule has 2 aromatic rings. The van der Waals surface area contributed by atoms with Gasteiger partial charge in [-0.2, -0.15) is 13.2 Å². The number of hydrogen-bond donors (Lipinski definition) is 1. The first-order valence-corrected chi connectivity index (χ1v) is 7.50. The molecule has 2 aromatic carbocycles. The van der Waals surface area contributed by atoms with E-state index < -0.39 is 35.3 Å². The number of benzene rings is 2. The summed E-state index contributed by atoms with van der Waals surface area (Å²) in [5.41, 5.74) is 0.163.